The molecule has 1 aromatic carbocycles. The molecule has 0 radical (unpaired) electrons. The number of nitrogens with one attached hydrogen (secondary N) is 1. The third-order valence-electron chi connectivity index (χ3n) is 3.18. The van der Waals surface area contributed by atoms with Crippen LogP contribution < -0.4 is 10.1 Å². The van der Waals surface area contributed by atoms with Gasteiger partial charge < -0.3 is 15.2 Å². The van der Waals surface area contributed by atoms with Crippen LogP contribution >= 0.6 is 11.3 Å². The number of carbonyl (C=O) groups excluding carboxylic acids is 1. The SMILES string of the molecule is CCOc1ccc(NC(=O)c2cc(C)c(C)s2)cc1CO. The molecule has 112 valence electrons. The summed E-state index contributed by atoms with van der Waals surface area (Å²) in [5.41, 5.74) is 2.43. The summed E-state index contributed by atoms with van der Waals surface area (Å²) in [4.78, 5) is 14.0. The van der Waals surface area contributed by atoms with E-state index < -0.39 is 0 Å². The lowest BCUT2D eigenvalue weighted by Crippen LogP contribution is -2.10. The first-order chi connectivity index (χ1) is 10.0. The average Bonchev–Trinajstić information content (AvgIpc) is 2.80. The first-order valence-electron chi connectivity index (χ1n) is 6.80. The van der Waals surface area contributed by atoms with Crippen LogP contribution in [0.25, 0.3) is 0 Å². The van der Waals surface area contributed by atoms with Gasteiger partial charge in [-0.25, -0.2) is 0 Å². The molecule has 0 saturated carbocycles. The third-order valence-corrected chi connectivity index (χ3v) is 4.33. The zero-order chi connectivity index (χ0) is 15.4. The van der Waals surface area contributed by atoms with E-state index in [1.807, 2.05) is 26.8 Å². The van der Waals surface area contributed by atoms with Gasteiger partial charge in [0, 0.05) is 16.1 Å². The molecule has 0 aliphatic carbocycles. The van der Waals surface area contributed by atoms with E-state index >= 15 is 0 Å². The van der Waals surface area contributed by atoms with Crippen molar-refractivity contribution in [3.05, 3.63) is 45.1 Å². The maximum absolute atomic E-state index is 12.2. The fourth-order valence-electron chi connectivity index (χ4n) is 1.95. The summed E-state index contributed by atoms with van der Waals surface area (Å²) in [5.74, 6) is 0.505. The zero-order valence-electron chi connectivity index (χ0n) is 12.4. The van der Waals surface area contributed by atoms with Gasteiger partial charge >= 0.3 is 0 Å². The predicted octanol–water partition coefficient (Wildman–Crippen LogP) is 3.51. The van der Waals surface area contributed by atoms with E-state index in [0.717, 1.165) is 10.4 Å². The topological polar surface area (TPSA) is 58.6 Å². The molecule has 0 fully saturated rings. The number of thiophene rings is 1. The molecule has 2 aromatic rings. The molecule has 0 aliphatic heterocycles. The van der Waals surface area contributed by atoms with Gasteiger partial charge in [-0.15, -0.1) is 11.3 Å². The van der Waals surface area contributed by atoms with Crippen LogP contribution in [-0.2, 0) is 6.61 Å². The quantitative estimate of drug-likeness (QED) is 0.888. The Hall–Kier alpha value is -1.85. The van der Waals surface area contributed by atoms with Crippen LogP contribution in [0, 0.1) is 13.8 Å². The summed E-state index contributed by atoms with van der Waals surface area (Å²) in [5, 5.41) is 12.2. The fraction of sp³-hybridized carbons (Fsp3) is 0.312. The molecule has 4 nitrogen and oxygen atoms in total. The van der Waals surface area contributed by atoms with Crippen LogP contribution in [0.15, 0.2) is 24.3 Å². The third kappa shape index (κ3) is 3.62. The molecule has 0 aliphatic rings. The minimum absolute atomic E-state index is 0.129. The second-order valence-corrected chi connectivity index (χ2v) is 5.97. The van der Waals surface area contributed by atoms with E-state index in [0.29, 0.717) is 28.5 Å². The predicted molar refractivity (Wildman–Crippen MR) is 85.3 cm³/mol. The number of amides is 1. The Kier molecular flexibility index (Phi) is 4.98. The van der Waals surface area contributed by atoms with E-state index in [1.54, 1.807) is 18.2 Å². The number of anilines is 1. The van der Waals surface area contributed by atoms with Gasteiger partial charge in [0.05, 0.1) is 18.1 Å². The Morgan fingerprint density at radius 2 is 2.10 bits per heavy atom. The van der Waals surface area contributed by atoms with Gasteiger partial charge in [-0.2, -0.15) is 0 Å². The summed E-state index contributed by atoms with van der Waals surface area (Å²) in [6.45, 7) is 6.28. The molecule has 5 heteroatoms. The monoisotopic (exact) mass is 305 g/mol. The first-order valence-corrected chi connectivity index (χ1v) is 7.61. The lowest BCUT2D eigenvalue weighted by molar-refractivity contribution is 0.103. The Balaban J connectivity index is 2.17. The number of rotatable bonds is 5. The Bertz CT molecular complexity index is 629. The number of ether oxygens (including phenoxy) is 1. The van der Waals surface area contributed by atoms with E-state index in [4.69, 9.17) is 4.74 Å². The highest BCUT2D eigenvalue weighted by molar-refractivity contribution is 7.14. The van der Waals surface area contributed by atoms with Crippen molar-refractivity contribution in [3.63, 3.8) is 0 Å². The van der Waals surface area contributed by atoms with E-state index in [9.17, 15) is 9.90 Å². The molecular weight excluding hydrogens is 286 g/mol. The molecule has 0 spiro atoms. The Labute approximate surface area is 128 Å². The molecule has 2 rings (SSSR count). The van der Waals surface area contributed by atoms with Gasteiger partial charge in [-0.3, -0.25) is 4.79 Å². The van der Waals surface area contributed by atoms with Gasteiger partial charge in [-0.1, -0.05) is 0 Å². The average molecular weight is 305 g/mol. The van der Waals surface area contributed by atoms with Crippen LogP contribution in [-0.4, -0.2) is 17.6 Å². The van der Waals surface area contributed by atoms with Crippen molar-refractivity contribution in [2.45, 2.75) is 27.4 Å². The molecule has 0 saturated heterocycles. The van der Waals surface area contributed by atoms with Gasteiger partial charge in [-0.05, 0) is 50.6 Å². The van der Waals surface area contributed by atoms with Crippen LogP contribution in [0.2, 0.25) is 0 Å². The number of aliphatic hydroxyl groups excluding tert-OH is 1. The van der Waals surface area contributed by atoms with E-state index in [2.05, 4.69) is 5.32 Å². The first kappa shape index (κ1) is 15.5. The van der Waals surface area contributed by atoms with E-state index in [1.165, 1.54) is 11.3 Å². The summed E-state index contributed by atoms with van der Waals surface area (Å²) >= 11 is 1.48. The normalized spacial score (nSPS) is 10.5. The second kappa shape index (κ2) is 6.74. The van der Waals surface area contributed by atoms with Crippen molar-refractivity contribution in [3.8, 4) is 5.75 Å². The number of benzene rings is 1. The summed E-state index contributed by atoms with van der Waals surface area (Å²) in [6, 6.07) is 7.15. The highest BCUT2D eigenvalue weighted by Gasteiger charge is 2.12. The van der Waals surface area contributed by atoms with Crippen LogP contribution in [0.5, 0.6) is 5.75 Å². The summed E-state index contributed by atoms with van der Waals surface area (Å²) in [7, 11) is 0. The molecule has 0 unspecified atom stereocenters. The molecule has 2 N–H and O–H groups in total. The standard InChI is InChI=1S/C16H19NO3S/c1-4-20-14-6-5-13(8-12(14)9-18)17-16(19)15-7-10(2)11(3)21-15/h5-8,18H,4,9H2,1-3H3,(H,17,19). The van der Waals surface area contributed by atoms with Gasteiger partial charge in [0.2, 0.25) is 0 Å². The van der Waals surface area contributed by atoms with Crippen LogP contribution in [0.4, 0.5) is 5.69 Å². The molecule has 1 aromatic heterocycles. The maximum Gasteiger partial charge on any atom is 0.265 e. The van der Waals surface area contributed by atoms with Crippen molar-refractivity contribution in [1.29, 1.82) is 0 Å². The Morgan fingerprint density at radius 3 is 2.67 bits per heavy atom. The summed E-state index contributed by atoms with van der Waals surface area (Å²) < 4.78 is 5.42. The number of carbonyl (C=O) groups is 1. The zero-order valence-corrected chi connectivity index (χ0v) is 13.2. The number of aliphatic hydroxyl groups is 1. The van der Waals surface area contributed by atoms with E-state index in [-0.39, 0.29) is 12.5 Å². The highest BCUT2D eigenvalue weighted by atomic mass is 32.1. The number of hydrogen-bond acceptors (Lipinski definition) is 4. The highest BCUT2D eigenvalue weighted by Crippen LogP contribution is 2.25. The van der Waals surface area contributed by atoms with Gasteiger partial charge in [0.15, 0.2) is 0 Å². The second-order valence-electron chi connectivity index (χ2n) is 4.72. The molecule has 1 amide bonds. The Morgan fingerprint density at radius 1 is 1.33 bits per heavy atom. The summed E-state index contributed by atoms with van der Waals surface area (Å²) in [6.07, 6.45) is 0. The minimum atomic E-state index is -0.135. The molecule has 0 atom stereocenters. The lowest BCUT2D eigenvalue weighted by Gasteiger charge is -2.11. The molecule has 21 heavy (non-hydrogen) atoms. The van der Waals surface area contributed by atoms with Gasteiger partial charge in [0.25, 0.3) is 5.91 Å². The molecular formula is C16H19NO3S. The van der Waals surface area contributed by atoms with Gasteiger partial charge in [0.1, 0.15) is 5.75 Å². The van der Waals surface area contributed by atoms with Crippen molar-refractivity contribution < 1.29 is 14.6 Å². The van der Waals surface area contributed by atoms with Crippen LogP contribution in [0.1, 0.15) is 32.6 Å². The molecule has 1 heterocycles. The maximum atomic E-state index is 12.2. The van der Waals surface area contributed by atoms with Crippen molar-refractivity contribution in [2.24, 2.45) is 0 Å². The van der Waals surface area contributed by atoms with Crippen molar-refractivity contribution >= 4 is 22.9 Å². The largest absolute Gasteiger partial charge is 0.494 e. The van der Waals surface area contributed by atoms with Crippen molar-refractivity contribution in [2.75, 3.05) is 11.9 Å². The number of hydrogen-bond donors (Lipinski definition) is 2. The fourth-order valence-corrected chi connectivity index (χ4v) is 2.88. The number of aryl methyl sites for hydroxylation is 2. The smallest absolute Gasteiger partial charge is 0.265 e. The minimum Gasteiger partial charge on any atom is -0.494 e. The van der Waals surface area contributed by atoms with Crippen LogP contribution in [0.3, 0.4) is 0 Å². The molecule has 0 bridgehead atoms. The lowest BCUT2D eigenvalue weighted by atomic mass is 10.2. The van der Waals surface area contributed by atoms with Crippen molar-refractivity contribution in [1.82, 2.24) is 0 Å².